The van der Waals surface area contributed by atoms with Crippen molar-refractivity contribution in [1.29, 1.82) is 0 Å². The van der Waals surface area contributed by atoms with Crippen LogP contribution >= 0.6 is 0 Å². The van der Waals surface area contributed by atoms with Gasteiger partial charge in [0.1, 0.15) is 10.6 Å². The van der Waals surface area contributed by atoms with Crippen LogP contribution < -0.4 is 15.4 Å². The molecule has 3 rings (SSSR count). The van der Waals surface area contributed by atoms with Crippen LogP contribution in [0.1, 0.15) is 28.8 Å². The average molecular weight is 489 g/mol. The quantitative estimate of drug-likeness (QED) is 0.623. The molecule has 2 aromatic carbocycles. The Morgan fingerprint density at radius 2 is 1.85 bits per heavy atom. The third kappa shape index (κ3) is 6.06. The molecule has 184 valence electrons. The summed E-state index contributed by atoms with van der Waals surface area (Å²) in [6.07, 6.45) is 1.69. The van der Waals surface area contributed by atoms with Crippen molar-refractivity contribution in [2.24, 2.45) is 5.92 Å². The number of rotatable bonds is 7. The Labute approximate surface area is 201 Å². The molecule has 0 aliphatic carbocycles. The Balaban J connectivity index is 1.64. The Morgan fingerprint density at radius 1 is 1.15 bits per heavy atom. The molecule has 0 spiro atoms. The SMILES string of the molecule is COc1ccc(C(=O)N2CCCC(CNC(=O)Nc3ccc(C)cc3)C2)cc1S(=O)(=O)N(C)C. The number of hydrogen-bond donors (Lipinski definition) is 2. The number of ether oxygens (including phenoxy) is 1. The second kappa shape index (κ2) is 10.9. The number of urea groups is 1. The molecule has 1 saturated heterocycles. The molecule has 2 aromatic rings. The molecule has 9 nitrogen and oxygen atoms in total. The largest absolute Gasteiger partial charge is 0.495 e. The number of nitrogens with zero attached hydrogens (tertiary/aromatic N) is 2. The molecule has 1 aliphatic rings. The molecule has 0 radical (unpaired) electrons. The standard InChI is InChI=1S/C24H32N4O5S/c1-17-7-10-20(11-8-17)26-24(30)25-15-18-6-5-13-28(16-18)23(29)19-9-12-21(33-4)22(14-19)34(31,32)27(2)3/h7-12,14,18H,5-6,13,15-16H2,1-4H3,(H2,25,26,30). The van der Waals surface area contributed by atoms with Crippen LogP contribution in [0.2, 0.25) is 0 Å². The van der Waals surface area contributed by atoms with Gasteiger partial charge in [0.05, 0.1) is 7.11 Å². The highest BCUT2D eigenvalue weighted by Gasteiger charge is 2.28. The topological polar surface area (TPSA) is 108 Å². The molecule has 0 aromatic heterocycles. The summed E-state index contributed by atoms with van der Waals surface area (Å²) >= 11 is 0. The lowest BCUT2D eigenvalue weighted by molar-refractivity contribution is 0.0675. The van der Waals surface area contributed by atoms with Gasteiger partial charge < -0.3 is 20.3 Å². The van der Waals surface area contributed by atoms with E-state index in [0.717, 1.165) is 22.7 Å². The number of aryl methyl sites for hydroxylation is 1. The normalized spacial score (nSPS) is 16.3. The molecule has 1 aliphatic heterocycles. The molecule has 34 heavy (non-hydrogen) atoms. The number of amides is 3. The summed E-state index contributed by atoms with van der Waals surface area (Å²) in [6, 6.07) is 11.7. The van der Waals surface area contributed by atoms with Crippen molar-refractivity contribution < 1.29 is 22.7 Å². The molecule has 0 bridgehead atoms. The number of nitrogens with one attached hydrogen (secondary N) is 2. The van der Waals surface area contributed by atoms with E-state index in [-0.39, 0.29) is 34.1 Å². The van der Waals surface area contributed by atoms with Crippen molar-refractivity contribution in [2.75, 3.05) is 46.2 Å². The zero-order chi connectivity index (χ0) is 24.9. The minimum absolute atomic E-state index is 0.0474. The van der Waals surface area contributed by atoms with Crippen LogP contribution in [0, 0.1) is 12.8 Å². The highest BCUT2D eigenvalue weighted by Crippen LogP contribution is 2.28. The predicted octanol–water partition coefficient (Wildman–Crippen LogP) is 2.93. The first kappa shape index (κ1) is 25.5. The van der Waals surface area contributed by atoms with E-state index in [4.69, 9.17) is 4.74 Å². The van der Waals surface area contributed by atoms with Gasteiger partial charge in [0.2, 0.25) is 10.0 Å². The van der Waals surface area contributed by atoms with Gasteiger partial charge in [0.25, 0.3) is 5.91 Å². The van der Waals surface area contributed by atoms with Crippen molar-refractivity contribution in [1.82, 2.24) is 14.5 Å². The summed E-state index contributed by atoms with van der Waals surface area (Å²) in [5.41, 5.74) is 2.11. The van der Waals surface area contributed by atoms with Crippen molar-refractivity contribution in [3.05, 3.63) is 53.6 Å². The molecule has 0 saturated carbocycles. The number of methoxy groups -OCH3 is 1. The van der Waals surface area contributed by atoms with Crippen LogP contribution in [-0.4, -0.2) is 70.4 Å². The molecule has 10 heteroatoms. The number of carbonyl (C=O) groups excluding carboxylic acids is 2. The lowest BCUT2D eigenvalue weighted by Crippen LogP contribution is -2.44. The van der Waals surface area contributed by atoms with Crippen molar-refractivity contribution >= 4 is 27.6 Å². The molecular weight excluding hydrogens is 456 g/mol. The van der Waals surface area contributed by atoms with Gasteiger partial charge in [-0.05, 0) is 56.0 Å². The Bertz CT molecular complexity index is 1130. The number of sulfonamides is 1. The van der Waals surface area contributed by atoms with Gasteiger partial charge in [-0.2, -0.15) is 0 Å². The minimum atomic E-state index is -3.78. The Kier molecular flexibility index (Phi) is 8.16. The van der Waals surface area contributed by atoms with E-state index in [1.807, 2.05) is 31.2 Å². The fraction of sp³-hybridized carbons (Fsp3) is 0.417. The maximum Gasteiger partial charge on any atom is 0.319 e. The van der Waals surface area contributed by atoms with E-state index in [0.29, 0.717) is 25.3 Å². The Morgan fingerprint density at radius 3 is 2.50 bits per heavy atom. The molecule has 3 amide bonds. The molecule has 1 unspecified atom stereocenters. The highest BCUT2D eigenvalue weighted by molar-refractivity contribution is 7.89. The maximum atomic E-state index is 13.2. The van der Waals surface area contributed by atoms with E-state index >= 15 is 0 Å². The first-order chi connectivity index (χ1) is 16.1. The summed E-state index contributed by atoms with van der Waals surface area (Å²) in [5.74, 6) is 0.0434. The van der Waals surface area contributed by atoms with E-state index in [1.165, 1.54) is 33.3 Å². The first-order valence-corrected chi connectivity index (χ1v) is 12.6. The predicted molar refractivity (Wildman–Crippen MR) is 131 cm³/mol. The van der Waals surface area contributed by atoms with Gasteiger partial charge in [-0.25, -0.2) is 17.5 Å². The molecular formula is C24H32N4O5S. The van der Waals surface area contributed by atoms with Gasteiger partial charge in [-0.1, -0.05) is 17.7 Å². The smallest absolute Gasteiger partial charge is 0.319 e. The summed E-state index contributed by atoms with van der Waals surface area (Å²) < 4.78 is 31.7. The molecule has 1 fully saturated rings. The zero-order valence-corrected chi connectivity index (χ0v) is 20.8. The monoisotopic (exact) mass is 488 g/mol. The maximum absolute atomic E-state index is 13.2. The van der Waals surface area contributed by atoms with Gasteiger partial charge in [0, 0.05) is 45.0 Å². The van der Waals surface area contributed by atoms with Crippen LogP contribution in [0.15, 0.2) is 47.4 Å². The third-order valence-electron chi connectivity index (χ3n) is 5.84. The number of anilines is 1. The molecule has 1 atom stereocenters. The molecule has 1 heterocycles. The van der Waals surface area contributed by atoms with E-state index < -0.39 is 10.0 Å². The second-order valence-electron chi connectivity index (χ2n) is 8.61. The van der Waals surface area contributed by atoms with E-state index in [9.17, 15) is 18.0 Å². The highest BCUT2D eigenvalue weighted by atomic mass is 32.2. The van der Waals surface area contributed by atoms with Crippen LogP contribution in [0.25, 0.3) is 0 Å². The lowest BCUT2D eigenvalue weighted by atomic mass is 9.97. The van der Waals surface area contributed by atoms with Crippen LogP contribution in [0.5, 0.6) is 5.75 Å². The fourth-order valence-corrected chi connectivity index (χ4v) is 4.93. The van der Waals surface area contributed by atoms with E-state index in [2.05, 4.69) is 10.6 Å². The number of carbonyl (C=O) groups is 2. The van der Waals surface area contributed by atoms with Crippen LogP contribution in [0.3, 0.4) is 0 Å². The third-order valence-corrected chi connectivity index (χ3v) is 7.67. The zero-order valence-electron chi connectivity index (χ0n) is 20.0. The van der Waals surface area contributed by atoms with Gasteiger partial charge >= 0.3 is 6.03 Å². The number of hydrogen-bond acceptors (Lipinski definition) is 5. The van der Waals surface area contributed by atoms with Crippen molar-refractivity contribution in [2.45, 2.75) is 24.7 Å². The second-order valence-corrected chi connectivity index (χ2v) is 10.7. The van der Waals surface area contributed by atoms with Crippen LogP contribution in [0.4, 0.5) is 10.5 Å². The minimum Gasteiger partial charge on any atom is -0.495 e. The molecule has 2 N–H and O–H groups in total. The first-order valence-electron chi connectivity index (χ1n) is 11.1. The summed E-state index contributed by atoms with van der Waals surface area (Å²) in [7, 11) is 0.473. The summed E-state index contributed by atoms with van der Waals surface area (Å²) in [4.78, 5) is 27.1. The van der Waals surface area contributed by atoms with Gasteiger partial charge in [-0.15, -0.1) is 0 Å². The van der Waals surface area contributed by atoms with Gasteiger partial charge in [0.15, 0.2) is 0 Å². The van der Waals surface area contributed by atoms with Crippen LogP contribution in [-0.2, 0) is 10.0 Å². The number of piperidine rings is 1. The van der Waals surface area contributed by atoms with Gasteiger partial charge in [-0.3, -0.25) is 4.79 Å². The van der Waals surface area contributed by atoms with Crippen molar-refractivity contribution in [3.8, 4) is 5.75 Å². The number of likely N-dealkylation sites (tertiary alicyclic amines) is 1. The Hall–Kier alpha value is -3.11. The average Bonchev–Trinajstić information content (AvgIpc) is 2.83. The fourth-order valence-electron chi connectivity index (χ4n) is 3.86. The van der Waals surface area contributed by atoms with Crippen molar-refractivity contribution in [3.63, 3.8) is 0 Å². The summed E-state index contributed by atoms with van der Waals surface area (Å²) in [5, 5.41) is 5.69. The lowest BCUT2D eigenvalue weighted by Gasteiger charge is -2.33. The number of benzene rings is 2. The van der Waals surface area contributed by atoms with E-state index in [1.54, 1.807) is 11.0 Å². The summed E-state index contributed by atoms with van der Waals surface area (Å²) in [6.45, 7) is 3.47.